The number of hydrogen-bond donors (Lipinski definition) is 2. The number of anilines is 1. The second kappa shape index (κ2) is 6.54. The molecule has 3 N–H and O–H groups in total. The normalized spacial score (nSPS) is 11.4. The number of sulfonamides is 1. The summed E-state index contributed by atoms with van der Waals surface area (Å²) in [6.07, 6.45) is 1.60. The fourth-order valence-corrected chi connectivity index (χ4v) is 3.04. The Hall–Kier alpha value is -1.85. The van der Waals surface area contributed by atoms with Gasteiger partial charge in [0.05, 0.1) is 4.90 Å². The van der Waals surface area contributed by atoms with Crippen LogP contribution >= 0.6 is 0 Å². The van der Waals surface area contributed by atoms with Crippen molar-refractivity contribution in [2.75, 3.05) is 12.3 Å². The Morgan fingerprint density at radius 1 is 1.00 bits per heavy atom. The van der Waals surface area contributed by atoms with Crippen molar-refractivity contribution < 1.29 is 8.42 Å². The maximum absolute atomic E-state index is 12.0. The van der Waals surface area contributed by atoms with Gasteiger partial charge in [0, 0.05) is 12.2 Å². The zero-order valence-corrected chi connectivity index (χ0v) is 11.9. The summed E-state index contributed by atoms with van der Waals surface area (Å²) >= 11 is 0. The Kier molecular flexibility index (Phi) is 4.76. The molecule has 2 aromatic rings. The van der Waals surface area contributed by atoms with Gasteiger partial charge in [0.2, 0.25) is 10.0 Å². The van der Waals surface area contributed by atoms with Crippen molar-refractivity contribution in [3.8, 4) is 0 Å². The van der Waals surface area contributed by atoms with Crippen molar-refractivity contribution in [3.63, 3.8) is 0 Å². The highest BCUT2D eigenvalue weighted by Gasteiger charge is 2.12. The number of hydrogen-bond acceptors (Lipinski definition) is 3. The topological polar surface area (TPSA) is 72.2 Å². The molecule has 0 fully saturated rings. The number of aryl methyl sites for hydroxylation is 1. The Morgan fingerprint density at radius 3 is 2.45 bits per heavy atom. The van der Waals surface area contributed by atoms with Gasteiger partial charge in [-0.3, -0.25) is 0 Å². The van der Waals surface area contributed by atoms with E-state index in [1.807, 2.05) is 30.3 Å². The number of rotatable bonds is 6. The maximum Gasteiger partial charge on any atom is 0.240 e. The molecular formula is C15H18N2O2S. The number of nitrogens with one attached hydrogen (secondary N) is 1. The number of nitrogen functional groups attached to an aromatic ring is 1. The van der Waals surface area contributed by atoms with Crippen molar-refractivity contribution in [1.82, 2.24) is 4.72 Å². The molecule has 20 heavy (non-hydrogen) atoms. The minimum Gasteiger partial charge on any atom is -0.399 e. The minimum absolute atomic E-state index is 0.206. The van der Waals surface area contributed by atoms with Gasteiger partial charge in [0.1, 0.15) is 0 Å². The first-order chi connectivity index (χ1) is 9.58. The lowest BCUT2D eigenvalue weighted by Gasteiger charge is -2.07. The molecule has 5 heteroatoms. The predicted molar refractivity (Wildman–Crippen MR) is 80.8 cm³/mol. The van der Waals surface area contributed by atoms with E-state index in [4.69, 9.17) is 5.73 Å². The van der Waals surface area contributed by atoms with Crippen LogP contribution in [-0.2, 0) is 16.4 Å². The van der Waals surface area contributed by atoms with E-state index in [0.717, 1.165) is 12.8 Å². The third kappa shape index (κ3) is 4.08. The van der Waals surface area contributed by atoms with Crippen molar-refractivity contribution in [2.24, 2.45) is 0 Å². The molecule has 4 nitrogen and oxygen atoms in total. The molecule has 0 radical (unpaired) electrons. The van der Waals surface area contributed by atoms with Crippen LogP contribution in [0.25, 0.3) is 0 Å². The van der Waals surface area contributed by atoms with E-state index in [2.05, 4.69) is 4.72 Å². The zero-order chi connectivity index (χ0) is 14.4. The quantitative estimate of drug-likeness (QED) is 0.632. The van der Waals surface area contributed by atoms with Gasteiger partial charge in [-0.25, -0.2) is 13.1 Å². The fourth-order valence-electron chi connectivity index (χ4n) is 1.91. The van der Waals surface area contributed by atoms with E-state index >= 15 is 0 Å². The predicted octanol–water partition coefficient (Wildman–Crippen LogP) is 2.18. The van der Waals surface area contributed by atoms with Crippen LogP contribution in [0, 0.1) is 0 Å². The maximum atomic E-state index is 12.0. The second-order valence-corrected chi connectivity index (χ2v) is 6.33. The highest BCUT2D eigenvalue weighted by atomic mass is 32.2. The Bertz CT molecular complexity index is 655. The van der Waals surface area contributed by atoms with E-state index in [1.54, 1.807) is 12.1 Å². The molecule has 0 aliphatic rings. The van der Waals surface area contributed by atoms with Gasteiger partial charge in [0.25, 0.3) is 0 Å². The lowest BCUT2D eigenvalue weighted by Crippen LogP contribution is -2.25. The molecule has 0 saturated carbocycles. The summed E-state index contributed by atoms with van der Waals surface area (Å²) < 4.78 is 26.6. The largest absolute Gasteiger partial charge is 0.399 e. The Labute approximate surface area is 119 Å². The van der Waals surface area contributed by atoms with Crippen LogP contribution in [0.5, 0.6) is 0 Å². The minimum atomic E-state index is -3.47. The zero-order valence-electron chi connectivity index (χ0n) is 11.1. The molecule has 106 valence electrons. The summed E-state index contributed by atoms with van der Waals surface area (Å²) in [5, 5.41) is 0. The van der Waals surface area contributed by atoms with Gasteiger partial charge in [-0.1, -0.05) is 36.4 Å². The first-order valence-corrected chi connectivity index (χ1v) is 7.95. The standard InChI is InChI=1S/C15H18N2O2S/c16-14-9-4-10-15(12-14)20(18,19)17-11-5-8-13-6-2-1-3-7-13/h1-4,6-7,9-10,12,17H,5,8,11,16H2. The van der Waals surface area contributed by atoms with Crippen molar-refractivity contribution >= 4 is 15.7 Å². The molecule has 0 unspecified atom stereocenters. The molecule has 0 aliphatic carbocycles. The molecule has 2 rings (SSSR count). The number of benzene rings is 2. The SMILES string of the molecule is Nc1cccc(S(=O)(=O)NCCCc2ccccc2)c1. The van der Waals surface area contributed by atoms with Gasteiger partial charge in [-0.05, 0) is 36.6 Å². The fraction of sp³-hybridized carbons (Fsp3) is 0.200. The molecule has 0 saturated heterocycles. The monoisotopic (exact) mass is 290 g/mol. The van der Waals surface area contributed by atoms with Crippen LogP contribution in [-0.4, -0.2) is 15.0 Å². The van der Waals surface area contributed by atoms with Crippen molar-refractivity contribution in [3.05, 3.63) is 60.2 Å². The molecular weight excluding hydrogens is 272 g/mol. The highest BCUT2D eigenvalue weighted by Crippen LogP contribution is 2.12. The average Bonchev–Trinajstić information content (AvgIpc) is 2.45. The molecule has 0 spiro atoms. The molecule has 0 aliphatic heterocycles. The van der Waals surface area contributed by atoms with Crippen LogP contribution in [0.1, 0.15) is 12.0 Å². The van der Waals surface area contributed by atoms with Crippen LogP contribution in [0.3, 0.4) is 0 Å². The van der Waals surface area contributed by atoms with Gasteiger partial charge < -0.3 is 5.73 Å². The molecule has 0 aromatic heterocycles. The number of nitrogens with two attached hydrogens (primary N) is 1. The van der Waals surface area contributed by atoms with E-state index in [-0.39, 0.29) is 4.90 Å². The average molecular weight is 290 g/mol. The summed E-state index contributed by atoms with van der Waals surface area (Å²) in [5.41, 5.74) is 7.24. The van der Waals surface area contributed by atoms with Gasteiger partial charge in [-0.2, -0.15) is 0 Å². The summed E-state index contributed by atoms with van der Waals surface area (Å²) in [7, 11) is -3.47. The van der Waals surface area contributed by atoms with E-state index < -0.39 is 10.0 Å². The molecule has 0 heterocycles. The van der Waals surface area contributed by atoms with Gasteiger partial charge in [0.15, 0.2) is 0 Å². The summed E-state index contributed by atoms with van der Waals surface area (Å²) in [6, 6.07) is 16.3. The van der Waals surface area contributed by atoms with E-state index in [9.17, 15) is 8.42 Å². The Balaban J connectivity index is 1.87. The summed E-state index contributed by atoms with van der Waals surface area (Å²) in [6.45, 7) is 0.409. The summed E-state index contributed by atoms with van der Waals surface area (Å²) in [5.74, 6) is 0. The van der Waals surface area contributed by atoms with Crippen molar-refractivity contribution in [1.29, 1.82) is 0 Å². The lowest BCUT2D eigenvalue weighted by molar-refractivity contribution is 0.579. The molecule has 0 atom stereocenters. The van der Waals surface area contributed by atoms with Gasteiger partial charge >= 0.3 is 0 Å². The van der Waals surface area contributed by atoms with Crippen LogP contribution in [0.15, 0.2) is 59.5 Å². The van der Waals surface area contributed by atoms with E-state index in [0.29, 0.717) is 12.2 Å². The lowest BCUT2D eigenvalue weighted by atomic mass is 10.1. The van der Waals surface area contributed by atoms with Crippen molar-refractivity contribution in [2.45, 2.75) is 17.7 Å². The van der Waals surface area contributed by atoms with E-state index in [1.165, 1.54) is 17.7 Å². The summed E-state index contributed by atoms with van der Waals surface area (Å²) in [4.78, 5) is 0.206. The first-order valence-electron chi connectivity index (χ1n) is 6.47. The van der Waals surface area contributed by atoms with Crippen LogP contribution in [0.2, 0.25) is 0 Å². The second-order valence-electron chi connectivity index (χ2n) is 4.56. The third-order valence-electron chi connectivity index (χ3n) is 2.95. The van der Waals surface area contributed by atoms with Crippen LogP contribution < -0.4 is 10.5 Å². The van der Waals surface area contributed by atoms with Gasteiger partial charge in [-0.15, -0.1) is 0 Å². The Morgan fingerprint density at radius 2 is 1.75 bits per heavy atom. The molecule has 0 bridgehead atoms. The third-order valence-corrected chi connectivity index (χ3v) is 4.40. The highest BCUT2D eigenvalue weighted by molar-refractivity contribution is 7.89. The smallest absolute Gasteiger partial charge is 0.240 e. The molecule has 2 aromatic carbocycles. The molecule has 0 amide bonds. The first kappa shape index (κ1) is 14.6. The van der Waals surface area contributed by atoms with Crippen LogP contribution in [0.4, 0.5) is 5.69 Å².